The van der Waals surface area contributed by atoms with Gasteiger partial charge in [-0.25, -0.2) is 0 Å². The Labute approximate surface area is 104 Å². The van der Waals surface area contributed by atoms with Gasteiger partial charge in [0.25, 0.3) is 0 Å². The van der Waals surface area contributed by atoms with Crippen LogP contribution in [0.15, 0.2) is 0 Å². The summed E-state index contributed by atoms with van der Waals surface area (Å²) >= 11 is 0. The van der Waals surface area contributed by atoms with Gasteiger partial charge in [-0.05, 0) is 38.1 Å². The van der Waals surface area contributed by atoms with Crippen LogP contribution in [0.2, 0.25) is 0 Å². The predicted octanol–water partition coefficient (Wildman–Crippen LogP) is 1.01. The van der Waals surface area contributed by atoms with E-state index < -0.39 is 0 Å². The summed E-state index contributed by atoms with van der Waals surface area (Å²) in [5, 5.41) is 3.36. The van der Waals surface area contributed by atoms with E-state index >= 15 is 0 Å². The van der Waals surface area contributed by atoms with Gasteiger partial charge in [-0.1, -0.05) is 6.92 Å². The Hall–Kier alpha value is -0.610. The first-order valence-corrected chi connectivity index (χ1v) is 6.81. The second kappa shape index (κ2) is 5.83. The summed E-state index contributed by atoms with van der Waals surface area (Å²) in [6, 6.07) is 0.734. The molecule has 0 aromatic carbocycles. The monoisotopic (exact) mass is 240 g/mol. The highest BCUT2D eigenvalue weighted by atomic mass is 16.5. The first kappa shape index (κ1) is 12.8. The fourth-order valence-electron chi connectivity index (χ4n) is 2.40. The lowest BCUT2D eigenvalue weighted by atomic mass is 10.2. The number of rotatable bonds is 8. The molecule has 2 saturated carbocycles. The topological polar surface area (TPSA) is 41.6 Å². The van der Waals surface area contributed by atoms with Crippen molar-refractivity contribution in [1.29, 1.82) is 0 Å². The summed E-state index contributed by atoms with van der Waals surface area (Å²) in [6.07, 6.45) is 5.01. The number of likely N-dealkylation sites (N-methyl/N-ethyl adjacent to an activating group) is 1. The Bertz CT molecular complexity index is 262. The van der Waals surface area contributed by atoms with Crippen LogP contribution in [-0.2, 0) is 9.53 Å². The van der Waals surface area contributed by atoms with Gasteiger partial charge in [-0.3, -0.25) is 9.69 Å². The number of carbonyl (C=O) groups is 1. The van der Waals surface area contributed by atoms with Gasteiger partial charge in [0.15, 0.2) is 0 Å². The van der Waals surface area contributed by atoms with Gasteiger partial charge >= 0.3 is 5.97 Å². The lowest BCUT2D eigenvalue weighted by Gasteiger charge is -2.22. The maximum Gasteiger partial charge on any atom is 0.323 e. The Morgan fingerprint density at radius 2 is 2.12 bits per heavy atom. The summed E-state index contributed by atoms with van der Waals surface area (Å²) in [5.74, 6) is 0.417. The Balaban J connectivity index is 1.69. The number of ether oxygens (including phenoxy) is 1. The first-order chi connectivity index (χ1) is 8.26. The minimum Gasteiger partial charge on any atom is -0.468 e. The molecule has 98 valence electrons. The van der Waals surface area contributed by atoms with Crippen LogP contribution in [0.25, 0.3) is 0 Å². The predicted molar refractivity (Wildman–Crippen MR) is 66.8 cm³/mol. The average Bonchev–Trinajstić information content (AvgIpc) is 3.18. The number of esters is 1. The van der Waals surface area contributed by atoms with Crippen LogP contribution in [0.3, 0.4) is 0 Å². The molecule has 2 fully saturated rings. The third-order valence-electron chi connectivity index (χ3n) is 3.78. The number of nitrogens with one attached hydrogen (secondary N) is 1. The zero-order chi connectivity index (χ0) is 12.3. The normalized spacial score (nSPS) is 21.6. The van der Waals surface area contributed by atoms with Crippen molar-refractivity contribution in [3.8, 4) is 0 Å². The number of hydrogen-bond acceptors (Lipinski definition) is 4. The zero-order valence-corrected chi connectivity index (χ0v) is 10.9. The lowest BCUT2D eigenvalue weighted by Crippen LogP contribution is -2.43. The summed E-state index contributed by atoms with van der Waals surface area (Å²) in [5.41, 5.74) is 0. The van der Waals surface area contributed by atoms with Crippen LogP contribution in [-0.4, -0.2) is 49.7 Å². The highest BCUT2D eigenvalue weighted by Gasteiger charge is 2.36. The van der Waals surface area contributed by atoms with Crippen molar-refractivity contribution in [3.63, 3.8) is 0 Å². The smallest absolute Gasteiger partial charge is 0.323 e. The standard InChI is InChI=1S/C13H24N2O2/c1-3-15(11-6-7-11)9-8-14-12(10-4-5-10)13(16)17-2/h10-12,14H,3-9H2,1-2H3. The van der Waals surface area contributed by atoms with E-state index in [1.165, 1.54) is 20.0 Å². The number of methoxy groups -OCH3 is 1. The SMILES string of the molecule is CCN(CCNC(C(=O)OC)C1CC1)C1CC1. The Morgan fingerprint density at radius 3 is 2.59 bits per heavy atom. The average molecular weight is 240 g/mol. The molecule has 4 nitrogen and oxygen atoms in total. The quantitative estimate of drug-likeness (QED) is 0.643. The van der Waals surface area contributed by atoms with Crippen LogP contribution < -0.4 is 5.32 Å². The third kappa shape index (κ3) is 3.68. The molecule has 17 heavy (non-hydrogen) atoms. The van der Waals surface area contributed by atoms with Gasteiger partial charge < -0.3 is 10.1 Å². The van der Waals surface area contributed by atoms with Crippen molar-refractivity contribution in [3.05, 3.63) is 0 Å². The maximum atomic E-state index is 11.6. The molecule has 0 saturated heterocycles. The van der Waals surface area contributed by atoms with Crippen molar-refractivity contribution >= 4 is 5.97 Å². The van der Waals surface area contributed by atoms with Gasteiger partial charge in [0.2, 0.25) is 0 Å². The molecule has 0 spiro atoms. The van der Waals surface area contributed by atoms with Crippen LogP contribution in [0.1, 0.15) is 32.6 Å². The van der Waals surface area contributed by atoms with E-state index in [9.17, 15) is 4.79 Å². The third-order valence-corrected chi connectivity index (χ3v) is 3.78. The van der Waals surface area contributed by atoms with E-state index in [2.05, 4.69) is 17.1 Å². The molecule has 0 aromatic rings. The molecule has 0 amide bonds. The van der Waals surface area contributed by atoms with Gasteiger partial charge in [-0.2, -0.15) is 0 Å². The number of carbonyl (C=O) groups excluding carboxylic acids is 1. The summed E-state index contributed by atoms with van der Waals surface area (Å²) in [4.78, 5) is 14.1. The molecule has 4 heteroatoms. The molecule has 1 unspecified atom stereocenters. The Morgan fingerprint density at radius 1 is 1.41 bits per heavy atom. The highest BCUT2D eigenvalue weighted by Crippen LogP contribution is 2.33. The van der Waals surface area contributed by atoms with Crippen LogP contribution in [0.5, 0.6) is 0 Å². The molecule has 0 aliphatic heterocycles. The van der Waals surface area contributed by atoms with Crippen molar-refractivity contribution in [1.82, 2.24) is 10.2 Å². The van der Waals surface area contributed by atoms with E-state index in [4.69, 9.17) is 4.74 Å². The summed E-state index contributed by atoms with van der Waals surface area (Å²) in [6.45, 7) is 5.25. The number of nitrogens with zero attached hydrogens (tertiary/aromatic N) is 1. The van der Waals surface area contributed by atoms with E-state index in [1.54, 1.807) is 0 Å². The minimum atomic E-state index is -0.0954. The molecule has 0 heterocycles. The highest BCUT2D eigenvalue weighted by molar-refractivity contribution is 5.76. The summed E-state index contributed by atoms with van der Waals surface area (Å²) in [7, 11) is 1.47. The van der Waals surface area contributed by atoms with Crippen molar-refractivity contribution in [2.75, 3.05) is 26.7 Å². The molecule has 2 aliphatic rings. The van der Waals surface area contributed by atoms with E-state index in [0.29, 0.717) is 5.92 Å². The molecular weight excluding hydrogens is 216 g/mol. The molecule has 0 bridgehead atoms. The minimum absolute atomic E-state index is 0.0714. The van der Waals surface area contributed by atoms with Crippen molar-refractivity contribution < 1.29 is 9.53 Å². The summed E-state index contributed by atoms with van der Waals surface area (Å²) < 4.78 is 4.84. The number of hydrogen-bond donors (Lipinski definition) is 1. The van der Waals surface area contributed by atoms with Gasteiger partial charge in [0.05, 0.1) is 7.11 Å². The van der Waals surface area contributed by atoms with Crippen molar-refractivity contribution in [2.45, 2.75) is 44.7 Å². The van der Waals surface area contributed by atoms with Crippen LogP contribution in [0, 0.1) is 5.92 Å². The molecular formula is C13H24N2O2. The first-order valence-electron chi connectivity index (χ1n) is 6.81. The molecule has 2 aliphatic carbocycles. The van der Waals surface area contributed by atoms with Gasteiger partial charge in [0.1, 0.15) is 6.04 Å². The fraction of sp³-hybridized carbons (Fsp3) is 0.923. The molecule has 0 radical (unpaired) electrons. The molecule has 0 aromatic heterocycles. The molecule has 2 rings (SSSR count). The molecule has 1 atom stereocenters. The van der Waals surface area contributed by atoms with Crippen molar-refractivity contribution in [2.24, 2.45) is 5.92 Å². The largest absolute Gasteiger partial charge is 0.468 e. The lowest BCUT2D eigenvalue weighted by molar-refractivity contribution is -0.143. The van der Waals surface area contributed by atoms with E-state index in [1.807, 2.05) is 0 Å². The maximum absolute atomic E-state index is 11.6. The van der Waals surface area contributed by atoms with Crippen LogP contribution in [0.4, 0.5) is 0 Å². The van der Waals surface area contributed by atoms with E-state index in [0.717, 1.165) is 38.5 Å². The molecule has 1 N–H and O–H groups in total. The van der Waals surface area contributed by atoms with Gasteiger partial charge in [-0.15, -0.1) is 0 Å². The fourth-order valence-corrected chi connectivity index (χ4v) is 2.40. The van der Waals surface area contributed by atoms with Crippen LogP contribution >= 0.6 is 0 Å². The van der Waals surface area contributed by atoms with E-state index in [-0.39, 0.29) is 12.0 Å². The zero-order valence-electron chi connectivity index (χ0n) is 10.9. The van der Waals surface area contributed by atoms with Gasteiger partial charge in [0, 0.05) is 19.1 Å². The second-order valence-corrected chi connectivity index (χ2v) is 5.15. The Kier molecular flexibility index (Phi) is 4.40. The second-order valence-electron chi connectivity index (χ2n) is 5.15.